The highest BCUT2D eigenvalue weighted by atomic mass is 35.5. The molecule has 0 saturated heterocycles. The van der Waals surface area contributed by atoms with Crippen LogP contribution in [0.1, 0.15) is 11.1 Å². The molecule has 4 nitrogen and oxygen atoms in total. The number of nitrogens with zero attached hydrogens (tertiary/aromatic N) is 2. The van der Waals surface area contributed by atoms with E-state index in [-0.39, 0.29) is 16.9 Å². The molecule has 0 aromatic heterocycles. The van der Waals surface area contributed by atoms with Gasteiger partial charge in [-0.3, -0.25) is 0 Å². The number of rotatable bonds is 3. The molecule has 0 bridgehead atoms. The van der Waals surface area contributed by atoms with Crippen molar-refractivity contribution < 1.29 is 9.47 Å². The van der Waals surface area contributed by atoms with E-state index in [1.165, 1.54) is 7.11 Å². The lowest BCUT2D eigenvalue weighted by molar-refractivity contribution is 0.378. The number of halogens is 1. The van der Waals surface area contributed by atoms with Gasteiger partial charge in [0, 0.05) is 11.1 Å². The second-order valence-electron chi connectivity index (χ2n) is 3.80. The van der Waals surface area contributed by atoms with Crippen LogP contribution in [0.4, 0.5) is 0 Å². The molecule has 0 aliphatic carbocycles. The maximum absolute atomic E-state index is 9.10. The van der Waals surface area contributed by atoms with Crippen molar-refractivity contribution in [2.24, 2.45) is 0 Å². The van der Waals surface area contributed by atoms with Gasteiger partial charge in [-0.05, 0) is 24.3 Å². The molecule has 2 aromatic carbocycles. The fourth-order valence-electron chi connectivity index (χ4n) is 1.66. The van der Waals surface area contributed by atoms with Crippen molar-refractivity contribution in [1.29, 1.82) is 10.5 Å². The summed E-state index contributed by atoms with van der Waals surface area (Å²) in [5.74, 6) is 1.02. The van der Waals surface area contributed by atoms with Gasteiger partial charge in [-0.25, -0.2) is 0 Å². The van der Waals surface area contributed by atoms with Crippen LogP contribution in [0.25, 0.3) is 0 Å². The van der Waals surface area contributed by atoms with Crippen LogP contribution in [0.3, 0.4) is 0 Å². The van der Waals surface area contributed by atoms with E-state index < -0.39 is 0 Å². The first-order chi connectivity index (χ1) is 9.69. The van der Waals surface area contributed by atoms with Crippen LogP contribution in [0, 0.1) is 22.7 Å². The van der Waals surface area contributed by atoms with Gasteiger partial charge in [-0.2, -0.15) is 10.5 Å². The van der Waals surface area contributed by atoms with Crippen molar-refractivity contribution in [3.8, 4) is 29.4 Å². The Balaban J connectivity index is 2.51. The lowest BCUT2D eigenvalue weighted by Gasteiger charge is -2.12. The van der Waals surface area contributed by atoms with Crippen molar-refractivity contribution in [3.63, 3.8) is 0 Å². The minimum absolute atomic E-state index is 0.207. The molecule has 0 aliphatic heterocycles. The van der Waals surface area contributed by atoms with E-state index in [1.807, 2.05) is 12.1 Å². The fourth-order valence-corrected chi connectivity index (χ4v) is 1.82. The Labute approximate surface area is 121 Å². The maximum Gasteiger partial charge on any atom is 0.169 e. The Morgan fingerprint density at radius 1 is 1.00 bits per heavy atom. The van der Waals surface area contributed by atoms with Crippen LogP contribution in [-0.2, 0) is 0 Å². The van der Waals surface area contributed by atoms with Gasteiger partial charge < -0.3 is 9.47 Å². The molecule has 2 aromatic rings. The monoisotopic (exact) mass is 284 g/mol. The van der Waals surface area contributed by atoms with Crippen molar-refractivity contribution in [2.75, 3.05) is 7.11 Å². The highest BCUT2D eigenvalue weighted by Gasteiger charge is 2.13. The molecule has 0 spiro atoms. The molecule has 0 radical (unpaired) electrons. The highest BCUT2D eigenvalue weighted by molar-refractivity contribution is 6.30. The quantitative estimate of drug-likeness (QED) is 0.858. The minimum atomic E-state index is 0.207. The van der Waals surface area contributed by atoms with E-state index in [2.05, 4.69) is 0 Å². The van der Waals surface area contributed by atoms with E-state index in [4.69, 9.17) is 31.6 Å². The summed E-state index contributed by atoms with van der Waals surface area (Å²) in [7, 11) is 1.49. The van der Waals surface area contributed by atoms with Crippen LogP contribution in [0.2, 0.25) is 5.02 Å². The topological polar surface area (TPSA) is 66.0 Å². The Morgan fingerprint density at radius 3 is 2.20 bits per heavy atom. The van der Waals surface area contributed by atoms with Crippen LogP contribution < -0.4 is 9.47 Å². The summed E-state index contributed by atoms with van der Waals surface area (Å²) in [6.07, 6.45) is 0. The van der Waals surface area contributed by atoms with Gasteiger partial charge in [0.05, 0.1) is 18.2 Å². The molecule has 20 heavy (non-hydrogen) atoms. The van der Waals surface area contributed by atoms with Gasteiger partial charge in [0.15, 0.2) is 17.2 Å². The van der Waals surface area contributed by atoms with Crippen molar-refractivity contribution in [3.05, 3.63) is 52.5 Å². The molecule has 0 unspecified atom stereocenters. The van der Waals surface area contributed by atoms with Crippen molar-refractivity contribution >= 4 is 11.6 Å². The fraction of sp³-hybridized carbons (Fsp3) is 0.0667. The van der Waals surface area contributed by atoms with Gasteiger partial charge in [-0.15, -0.1) is 0 Å². The third-order valence-electron chi connectivity index (χ3n) is 2.59. The maximum atomic E-state index is 9.10. The van der Waals surface area contributed by atoms with Crippen molar-refractivity contribution in [1.82, 2.24) is 0 Å². The number of nitriles is 2. The van der Waals surface area contributed by atoms with Gasteiger partial charge >= 0.3 is 0 Å². The summed E-state index contributed by atoms with van der Waals surface area (Å²) >= 11 is 5.88. The van der Waals surface area contributed by atoms with Crippen LogP contribution in [-0.4, -0.2) is 7.11 Å². The Kier molecular flexibility index (Phi) is 4.10. The van der Waals surface area contributed by atoms with Gasteiger partial charge in [0.25, 0.3) is 0 Å². The van der Waals surface area contributed by atoms with E-state index in [0.717, 1.165) is 0 Å². The summed E-state index contributed by atoms with van der Waals surface area (Å²) in [4.78, 5) is 0. The summed E-state index contributed by atoms with van der Waals surface area (Å²) < 4.78 is 10.8. The summed E-state index contributed by atoms with van der Waals surface area (Å²) in [5, 5.41) is 18.7. The van der Waals surface area contributed by atoms with Crippen LogP contribution in [0.15, 0.2) is 36.4 Å². The number of para-hydroxylation sites is 1. The third kappa shape index (κ3) is 2.66. The molecule has 98 valence electrons. The first kappa shape index (κ1) is 13.7. The summed E-state index contributed by atoms with van der Waals surface area (Å²) in [6.45, 7) is 0. The van der Waals surface area contributed by atoms with Crippen LogP contribution in [0.5, 0.6) is 17.2 Å². The zero-order valence-electron chi connectivity index (χ0n) is 10.6. The van der Waals surface area contributed by atoms with Gasteiger partial charge in [-0.1, -0.05) is 17.7 Å². The van der Waals surface area contributed by atoms with Gasteiger partial charge in [0.1, 0.15) is 12.1 Å². The smallest absolute Gasteiger partial charge is 0.169 e. The first-order valence-corrected chi connectivity index (χ1v) is 6.02. The van der Waals surface area contributed by atoms with Gasteiger partial charge in [0.2, 0.25) is 0 Å². The average Bonchev–Trinajstić information content (AvgIpc) is 2.49. The van der Waals surface area contributed by atoms with E-state index in [1.54, 1.807) is 36.4 Å². The number of hydrogen-bond donors (Lipinski definition) is 0. The normalized spacial score (nSPS) is 9.40. The molecule has 0 saturated carbocycles. The molecular weight excluding hydrogens is 276 g/mol. The molecule has 0 heterocycles. The lowest BCUT2D eigenvalue weighted by atomic mass is 10.1. The minimum Gasteiger partial charge on any atom is -0.493 e. The molecular formula is C15H9ClN2O2. The molecule has 2 rings (SSSR count). The predicted octanol–water partition coefficient (Wildman–Crippen LogP) is 3.88. The largest absolute Gasteiger partial charge is 0.493 e. The molecule has 0 fully saturated rings. The van der Waals surface area contributed by atoms with E-state index in [0.29, 0.717) is 16.5 Å². The molecule has 5 heteroatoms. The first-order valence-electron chi connectivity index (χ1n) is 5.64. The molecule has 0 atom stereocenters. The second-order valence-corrected chi connectivity index (χ2v) is 4.24. The summed E-state index contributed by atoms with van der Waals surface area (Å²) in [6, 6.07) is 13.6. The standard InChI is InChI=1S/C15H9ClN2O2/c1-19-14-7-12(16)5-6-13(14)20-15-10(8-17)3-2-4-11(15)9-18/h2-7H,1H3. The zero-order chi connectivity index (χ0) is 14.5. The average molecular weight is 285 g/mol. The number of methoxy groups -OCH3 is 1. The van der Waals surface area contributed by atoms with E-state index in [9.17, 15) is 0 Å². The third-order valence-corrected chi connectivity index (χ3v) is 2.83. The number of ether oxygens (including phenoxy) is 2. The zero-order valence-corrected chi connectivity index (χ0v) is 11.3. The molecule has 0 aliphatic rings. The lowest BCUT2D eigenvalue weighted by Crippen LogP contribution is -1.95. The predicted molar refractivity (Wildman–Crippen MR) is 74.0 cm³/mol. The SMILES string of the molecule is COc1cc(Cl)ccc1Oc1c(C#N)cccc1C#N. The Bertz CT molecular complexity index is 697. The molecule has 0 amide bonds. The molecule has 0 N–H and O–H groups in total. The van der Waals surface area contributed by atoms with Crippen LogP contribution >= 0.6 is 11.6 Å². The number of hydrogen-bond acceptors (Lipinski definition) is 4. The Morgan fingerprint density at radius 2 is 1.65 bits per heavy atom. The summed E-state index contributed by atoms with van der Waals surface area (Å²) in [5.41, 5.74) is 0.558. The van der Waals surface area contributed by atoms with Crippen molar-refractivity contribution in [2.45, 2.75) is 0 Å². The number of benzene rings is 2. The highest BCUT2D eigenvalue weighted by Crippen LogP contribution is 2.36. The second kappa shape index (κ2) is 5.97. The van der Waals surface area contributed by atoms with E-state index >= 15 is 0 Å². The Hall–Kier alpha value is -2.69.